The van der Waals surface area contributed by atoms with Crippen LogP contribution in [0.15, 0.2) is 6.33 Å². The predicted molar refractivity (Wildman–Crippen MR) is 86.7 cm³/mol. The number of nitrogens with one attached hydrogen (secondary N) is 3. The van der Waals surface area contributed by atoms with Crippen LogP contribution in [0.1, 0.15) is 52.5 Å². The Morgan fingerprint density at radius 1 is 1.14 bits per heavy atom. The lowest BCUT2D eigenvalue weighted by Crippen LogP contribution is -2.35. The molecule has 0 unspecified atom stereocenters. The summed E-state index contributed by atoms with van der Waals surface area (Å²) in [5.41, 5.74) is 1.02. The first-order chi connectivity index (χ1) is 9.95. The van der Waals surface area contributed by atoms with Gasteiger partial charge in [0.15, 0.2) is 0 Å². The van der Waals surface area contributed by atoms with Crippen molar-refractivity contribution in [2.24, 2.45) is 0 Å². The lowest BCUT2D eigenvalue weighted by Gasteiger charge is -2.18. The second kappa shape index (κ2) is 8.44. The predicted octanol–water partition coefficient (Wildman–Crippen LogP) is 2.36. The highest BCUT2D eigenvalue weighted by molar-refractivity contribution is 5.81. The van der Waals surface area contributed by atoms with E-state index in [1.165, 1.54) is 6.33 Å². The number of hydrogen-bond acceptors (Lipinski definition) is 5. The lowest BCUT2D eigenvalue weighted by molar-refractivity contribution is -0.119. The zero-order valence-corrected chi connectivity index (χ0v) is 13.7. The molecule has 1 aromatic rings. The zero-order valence-electron chi connectivity index (χ0n) is 13.7. The summed E-state index contributed by atoms with van der Waals surface area (Å²) in [5.74, 6) is 1.79. The molecule has 0 bridgehead atoms. The summed E-state index contributed by atoms with van der Waals surface area (Å²) in [7, 11) is 0. The maximum absolute atomic E-state index is 11.7. The summed E-state index contributed by atoms with van der Waals surface area (Å²) in [5, 5.41) is 9.28. The molecule has 0 aliphatic heterocycles. The Bertz CT molecular complexity index is 459. The summed E-state index contributed by atoms with van der Waals surface area (Å²) in [4.78, 5) is 20.3. The van der Waals surface area contributed by atoms with E-state index in [0.717, 1.165) is 30.2 Å². The highest BCUT2D eigenvalue weighted by atomic mass is 16.1. The van der Waals surface area contributed by atoms with Gasteiger partial charge in [-0.25, -0.2) is 9.97 Å². The highest BCUT2D eigenvalue weighted by Crippen LogP contribution is 2.28. The van der Waals surface area contributed by atoms with Crippen LogP contribution in [-0.4, -0.2) is 35.0 Å². The monoisotopic (exact) mass is 293 g/mol. The summed E-state index contributed by atoms with van der Waals surface area (Å²) < 4.78 is 0. The summed E-state index contributed by atoms with van der Waals surface area (Å²) in [6, 6.07) is 0.135. The third-order valence-electron chi connectivity index (χ3n) is 2.87. The molecular formula is C15H27N5O. The van der Waals surface area contributed by atoms with E-state index in [9.17, 15) is 4.79 Å². The fourth-order valence-electron chi connectivity index (χ4n) is 2.00. The van der Waals surface area contributed by atoms with E-state index in [0.29, 0.717) is 0 Å². The third-order valence-corrected chi connectivity index (χ3v) is 2.87. The zero-order chi connectivity index (χ0) is 15.8. The van der Waals surface area contributed by atoms with Crippen LogP contribution in [0.2, 0.25) is 0 Å². The fourth-order valence-corrected chi connectivity index (χ4v) is 2.00. The van der Waals surface area contributed by atoms with E-state index >= 15 is 0 Å². The van der Waals surface area contributed by atoms with Gasteiger partial charge in [-0.1, -0.05) is 20.8 Å². The molecule has 6 nitrogen and oxygen atoms in total. The van der Waals surface area contributed by atoms with Gasteiger partial charge in [-0.15, -0.1) is 0 Å². The van der Waals surface area contributed by atoms with Crippen LogP contribution < -0.4 is 16.0 Å². The summed E-state index contributed by atoms with van der Waals surface area (Å²) in [6.45, 7) is 11.2. The van der Waals surface area contributed by atoms with Gasteiger partial charge in [0.25, 0.3) is 0 Å². The second-order valence-electron chi connectivity index (χ2n) is 5.64. The highest BCUT2D eigenvalue weighted by Gasteiger charge is 2.15. The lowest BCUT2D eigenvalue weighted by atomic mass is 10.0. The van der Waals surface area contributed by atoms with Crippen LogP contribution in [0.25, 0.3) is 0 Å². The van der Waals surface area contributed by atoms with Gasteiger partial charge >= 0.3 is 0 Å². The molecule has 0 radical (unpaired) electrons. The first-order valence-corrected chi connectivity index (χ1v) is 7.57. The SMILES string of the molecule is CCCNc1ncnc(NCC(=O)NC(C)C)c1C(C)C. The van der Waals surface area contributed by atoms with Crippen LogP contribution in [0, 0.1) is 0 Å². The Morgan fingerprint density at radius 3 is 2.29 bits per heavy atom. The molecule has 0 fully saturated rings. The number of carbonyl (C=O) groups is 1. The summed E-state index contributed by atoms with van der Waals surface area (Å²) in [6.07, 6.45) is 2.55. The molecule has 0 saturated carbocycles. The largest absolute Gasteiger partial charge is 0.370 e. The third kappa shape index (κ3) is 5.57. The molecule has 0 aromatic carbocycles. The van der Waals surface area contributed by atoms with Crippen molar-refractivity contribution in [3.8, 4) is 0 Å². The van der Waals surface area contributed by atoms with Crippen molar-refractivity contribution in [1.82, 2.24) is 15.3 Å². The van der Waals surface area contributed by atoms with Gasteiger partial charge in [0.05, 0.1) is 6.54 Å². The van der Waals surface area contributed by atoms with Crippen LogP contribution in [0.5, 0.6) is 0 Å². The quantitative estimate of drug-likeness (QED) is 0.685. The molecule has 0 spiro atoms. The molecule has 1 rings (SSSR count). The molecular weight excluding hydrogens is 266 g/mol. The average Bonchev–Trinajstić information content (AvgIpc) is 2.41. The molecule has 1 amide bonds. The van der Waals surface area contributed by atoms with E-state index in [1.54, 1.807) is 0 Å². The van der Waals surface area contributed by atoms with Gasteiger partial charge in [0, 0.05) is 18.2 Å². The van der Waals surface area contributed by atoms with E-state index in [4.69, 9.17) is 0 Å². The van der Waals surface area contributed by atoms with Crippen molar-refractivity contribution < 1.29 is 4.79 Å². The number of anilines is 2. The van der Waals surface area contributed by atoms with Crippen molar-refractivity contribution in [3.05, 3.63) is 11.9 Å². The first kappa shape index (κ1) is 17.2. The van der Waals surface area contributed by atoms with Crippen LogP contribution in [0.3, 0.4) is 0 Å². The number of hydrogen-bond donors (Lipinski definition) is 3. The van der Waals surface area contributed by atoms with Crippen molar-refractivity contribution in [3.63, 3.8) is 0 Å². The molecule has 0 saturated heterocycles. The number of carbonyl (C=O) groups excluding carboxylic acids is 1. The van der Waals surface area contributed by atoms with Crippen molar-refractivity contribution in [2.45, 2.75) is 53.0 Å². The van der Waals surface area contributed by atoms with Crippen molar-refractivity contribution >= 4 is 17.5 Å². The van der Waals surface area contributed by atoms with E-state index < -0.39 is 0 Å². The Kier molecular flexibility index (Phi) is 6.91. The smallest absolute Gasteiger partial charge is 0.239 e. The van der Waals surface area contributed by atoms with Gasteiger partial charge < -0.3 is 16.0 Å². The molecule has 1 heterocycles. The molecule has 6 heteroatoms. The standard InChI is InChI=1S/C15H27N5O/c1-6-7-16-14-13(10(2)3)15(19-9-18-14)17-8-12(21)20-11(4)5/h9-11H,6-8H2,1-5H3,(H,20,21)(H2,16,17,18,19). The number of aromatic nitrogens is 2. The van der Waals surface area contributed by atoms with Crippen LogP contribution in [-0.2, 0) is 4.79 Å². The Balaban J connectivity index is 2.83. The minimum atomic E-state index is -0.0404. The molecule has 1 aromatic heterocycles. The minimum Gasteiger partial charge on any atom is -0.370 e. The second-order valence-corrected chi connectivity index (χ2v) is 5.64. The van der Waals surface area contributed by atoms with Gasteiger partial charge in [-0.2, -0.15) is 0 Å². The molecule has 3 N–H and O–H groups in total. The van der Waals surface area contributed by atoms with Gasteiger partial charge in [0.2, 0.25) is 5.91 Å². The molecule has 0 aliphatic rings. The van der Waals surface area contributed by atoms with Crippen molar-refractivity contribution in [2.75, 3.05) is 23.7 Å². The number of amides is 1. The maximum atomic E-state index is 11.7. The van der Waals surface area contributed by atoms with Crippen LogP contribution >= 0.6 is 0 Å². The van der Waals surface area contributed by atoms with E-state index in [2.05, 4.69) is 46.7 Å². The number of rotatable bonds is 8. The molecule has 118 valence electrons. The van der Waals surface area contributed by atoms with E-state index in [1.807, 2.05) is 13.8 Å². The van der Waals surface area contributed by atoms with E-state index in [-0.39, 0.29) is 24.4 Å². The van der Waals surface area contributed by atoms with Crippen LogP contribution in [0.4, 0.5) is 11.6 Å². The van der Waals surface area contributed by atoms with Gasteiger partial charge in [-0.3, -0.25) is 4.79 Å². The topological polar surface area (TPSA) is 78.9 Å². The van der Waals surface area contributed by atoms with Crippen molar-refractivity contribution in [1.29, 1.82) is 0 Å². The van der Waals surface area contributed by atoms with Gasteiger partial charge in [-0.05, 0) is 26.2 Å². The summed E-state index contributed by atoms with van der Waals surface area (Å²) >= 11 is 0. The normalized spacial score (nSPS) is 10.8. The molecule has 21 heavy (non-hydrogen) atoms. The Labute approximate surface area is 127 Å². The van der Waals surface area contributed by atoms with Gasteiger partial charge in [0.1, 0.15) is 18.0 Å². The Morgan fingerprint density at radius 2 is 1.76 bits per heavy atom. The molecule has 0 aliphatic carbocycles. The maximum Gasteiger partial charge on any atom is 0.239 e. The minimum absolute atomic E-state index is 0.0404. The molecule has 0 atom stereocenters. The number of nitrogens with zero attached hydrogens (tertiary/aromatic N) is 2. The fraction of sp³-hybridized carbons (Fsp3) is 0.667. The first-order valence-electron chi connectivity index (χ1n) is 7.57. The Hall–Kier alpha value is -1.85. The average molecular weight is 293 g/mol.